The number of carbonyl (C=O) groups is 1. The second kappa shape index (κ2) is 6.04. The van der Waals surface area contributed by atoms with E-state index in [4.69, 9.17) is 0 Å². The molecule has 0 saturated heterocycles. The van der Waals surface area contributed by atoms with Crippen molar-refractivity contribution >= 4 is 5.97 Å². The predicted octanol–water partition coefficient (Wildman–Crippen LogP) is 3.31. The first-order chi connectivity index (χ1) is 11.1. The highest BCUT2D eigenvalue weighted by molar-refractivity contribution is 5.92. The second-order valence-corrected chi connectivity index (χ2v) is 5.55. The number of hydrogen-bond donors (Lipinski definition) is 1. The van der Waals surface area contributed by atoms with Crippen LogP contribution >= 0.6 is 0 Å². The third kappa shape index (κ3) is 2.99. The first kappa shape index (κ1) is 15.0. The molecule has 0 aliphatic rings. The molecule has 0 fully saturated rings. The lowest BCUT2D eigenvalue weighted by atomic mass is 10.1. The zero-order chi connectivity index (χ0) is 16.4. The Morgan fingerprint density at radius 2 is 1.87 bits per heavy atom. The van der Waals surface area contributed by atoms with E-state index in [0.717, 1.165) is 22.3 Å². The van der Waals surface area contributed by atoms with Gasteiger partial charge in [0.1, 0.15) is 5.69 Å². The normalized spacial score (nSPS) is 10.7. The molecule has 0 saturated carbocycles. The van der Waals surface area contributed by atoms with Crippen molar-refractivity contribution in [2.24, 2.45) is 0 Å². The molecular formula is C18H17N3O2. The Morgan fingerprint density at radius 3 is 2.57 bits per heavy atom. The van der Waals surface area contributed by atoms with Gasteiger partial charge in [-0.3, -0.25) is 0 Å². The average molecular weight is 307 g/mol. The van der Waals surface area contributed by atoms with Crippen LogP contribution in [0.5, 0.6) is 0 Å². The van der Waals surface area contributed by atoms with Crippen LogP contribution < -0.4 is 0 Å². The smallest absolute Gasteiger partial charge is 0.358 e. The number of nitrogens with zero attached hydrogens (tertiary/aromatic N) is 3. The number of aryl methyl sites for hydroxylation is 2. The molecule has 0 aliphatic heterocycles. The summed E-state index contributed by atoms with van der Waals surface area (Å²) in [4.78, 5) is 11.5. The number of aromatic carboxylic acids is 1. The topological polar surface area (TPSA) is 68.0 Å². The van der Waals surface area contributed by atoms with E-state index in [9.17, 15) is 9.90 Å². The number of hydrogen-bond acceptors (Lipinski definition) is 3. The molecule has 3 rings (SSSR count). The minimum atomic E-state index is -1.07. The maximum absolute atomic E-state index is 11.5. The van der Waals surface area contributed by atoms with Gasteiger partial charge in [-0.1, -0.05) is 59.3 Å². The van der Waals surface area contributed by atoms with Gasteiger partial charge in [0.2, 0.25) is 0 Å². The molecule has 5 heteroatoms. The minimum Gasteiger partial charge on any atom is -0.476 e. The highest BCUT2D eigenvalue weighted by atomic mass is 16.4. The van der Waals surface area contributed by atoms with Crippen molar-refractivity contribution in [3.63, 3.8) is 0 Å². The molecule has 0 radical (unpaired) electrons. The van der Waals surface area contributed by atoms with Gasteiger partial charge >= 0.3 is 5.97 Å². The van der Waals surface area contributed by atoms with Crippen molar-refractivity contribution < 1.29 is 9.90 Å². The van der Waals surface area contributed by atoms with Crippen LogP contribution in [0.2, 0.25) is 0 Å². The fraction of sp³-hybridized carbons (Fsp3) is 0.167. The highest BCUT2D eigenvalue weighted by Crippen LogP contribution is 2.23. The van der Waals surface area contributed by atoms with Crippen LogP contribution in [0, 0.1) is 13.8 Å². The first-order valence-corrected chi connectivity index (χ1v) is 7.34. The predicted molar refractivity (Wildman–Crippen MR) is 87.4 cm³/mol. The Bertz CT molecular complexity index is 854. The van der Waals surface area contributed by atoms with Gasteiger partial charge < -0.3 is 5.11 Å². The fourth-order valence-electron chi connectivity index (χ4n) is 2.58. The standard InChI is InChI=1S/C18H17N3O2/c1-12-8-9-13(2)15(10-12)11-21-17(14-6-4-3-5-7-14)16(18(22)23)19-20-21/h3-10H,11H2,1-2H3,(H,22,23). The molecule has 23 heavy (non-hydrogen) atoms. The van der Waals surface area contributed by atoms with Crippen LogP contribution in [0.15, 0.2) is 48.5 Å². The third-order valence-corrected chi connectivity index (χ3v) is 3.81. The summed E-state index contributed by atoms with van der Waals surface area (Å²) in [5.41, 5.74) is 4.69. The van der Waals surface area contributed by atoms with Crippen LogP contribution in [0.25, 0.3) is 11.3 Å². The molecule has 0 aliphatic carbocycles. The van der Waals surface area contributed by atoms with Gasteiger partial charge in [0.15, 0.2) is 5.69 Å². The van der Waals surface area contributed by atoms with Crippen molar-refractivity contribution in [1.29, 1.82) is 0 Å². The Balaban J connectivity index is 2.10. The van der Waals surface area contributed by atoms with Crippen LogP contribution in [0.3, 0.4) is 0 Å². The number of carboxylic acid groups (broad SMARTS) is 1. The summed E-state index contributed by atoms with van der Waals surface area (Å²) in [6, 6.07) is 15.6. The summed E-state index contributed by atoms with van der Waals surface area (Å²) >= 11 is 0. The van der Waals surface area contributed by atoms with Crippen LogP contribution in [0.4, 0.5) is 0 Å². The van der Waals surface area contributed by atoms with Gasteiger partial charge in [-0.25, -0.2) is 9.48 Å². The van der Waals surface area contributed by atoms with Gasteiger partial charge in [0, 0.05) is 5.56 Å². The zero-order valence-electron chi connectivity index (χ0n) is 13.0. The van der Waals surface area contributed by atoms with E-state index >= 15 is 0 Å². The van der Waals surface area contributed by atoms with Crippen molar-refractivity contribution in [1.82, 2.24) is 15.0 Å². The van der Waals surface area contributed by atoms with Gasteiger partial charge in [-0.05, 0) is 25.0 Å². The number of benzene rings is 2. The van der Waals surface area contributed by atoms with Crippen LogP contribution in [-0.4, -0.2) is 26.1 Å². The van der Waals surface area contributed by atoms with Gasteiger partial charge in [0.25, 0.3) is 0 Å². The highest BCUT2D eigenvalue weighted by Gasteiger charge is 2.20. The van der Waals surface area contributed by atoms with E-state index in [1.54, 1.807) is 4.68 Å². The molecule has 3 aromatic rings. The third-order valence-electron chi connectivity index (χ3n) is 3.81. The summed E-state index contributed by atoms with van der Waals surface area (Å²) in [5.74, 6) is -1.07. The maximum atomic E-state index is 11.5. The molecule has 1 N–H and O–H groups in total. The summed E-state index contributed by atoms with van der Waals surface area (Å²) in [6.07, 6.45) is 0. The average Bonchev–Trinajstić information content (AvgIpc) is 2.95. The molecule has 1 heterocycles. The van der Waals surface area contributed by atoms with E-state index in [1.165, 1.54) is 0 Å². The van der Waals surface area contributed by atoms with Gasteiger partial charge in [-0.2, -0.15) is 0 Å². The summed E-state index contributed by atoms with van der Waals surface area (Å²) in [5, 5.41) is 17.3. The Hall–Kier alpha value is -2.95. The molecular weight excluding hydrogens is 290 g/mol. The largest absolute Gasteiger partial charge is 0.476 e. The SMILES string of the molecule is Cc1ccc(C)c(Cn2nnc(C(=O)O)c2-c2ccccc2)c1. The molecule has 2 aromatic carbocycles. The lowest BCUT2D eigenvalue weighted by Gasteiger charge is -2.10. The van der Waals surface area contributed by atoms with E-state index in [-0.39, 0.29) is 5.69 Å². The molecule has 0 unspecified atom stereocenters. The van der Waals surface area contributed by atoms with Gasteiger partial charge in [0.05, 0.1) is 6.54 Å². The van der Waals surface area contributed by atoms with Crippen LogP contribution in [0.1, 0.15) is 27.2 Å². The molecule has 5 nitrogen and oxygen atoms in total. The van der Waals surface area contributed by atoms with Crippen LogP contribution in [-0.2, 0) is 6.54 Å². The Labute approximate surface area is 134 Å². The second-order valence-electron chi connectivity index (χ2n) is 5.55. The van der Waals surface area contributed by atoms with E-state index in [1.807, 2.05) is 44.2 Å². The summed E-state index contributed by atoms with van der Waals surface area (Å²) in [6.45, 7) is 4.55. The lowest BCUT2D eigenvalue weighted by Crippen LogP contribution is -2.07. The molecule has 0 spiro atoms. The van der Waals surface area contributed by atoms with Crippen molar-refractivity contribution in [2.75, 3.05) is 0 Å². The maximum Gasteiger partial charge on any atom is 0.358 e. The first-order valence-electron chi connectivity index (χ1n) is 7.34. The monoisotopic (exact) mass is 307 g/mol. The van der Waals surface area contributed by atoms with Gasteiger partial charge in [-0.15, -0.1) is 5.10 Å². The lowest BCUT2D eigenvalue weighted by molar-refractivity contribution is 0.0691. The van der Waals surface area contributed by atoms with E-state index in [0.29, 0.717) is 12.2 Å². The zero-order valence-corrected chi connectivity index (χ0v) is 13.0. The number of carboxylic acids is 1. The van der Waals surface area contributed by atoms with E-state index in [2.05, 4.69) is 28.5 Å². The molecule has 0 amide bonds. The summed E-state index contributed by atoms with van der Waals surface area (Å²) in [7, 11) is 0. The van der Waals surface area contributed by atoms with Crippen molar-refractivity contribution in [3.8, 4) is 11.3 Å². The Morgan fingerprint density at radius 1 is 1.13 bits per heavy atom. The fourth-order valence-corrected chi connectivity index (χ4v) is 2.58. The molecule has 0 bridgehead atoms. The molecule has 0 atom stereocenters. The molecule has 1 aromatic heterocycles. The number of rotatable bonds is 4. The number of aromatic nitrogens is 3. The molecule has 116 valence electrons. The quantitative estimate of drug-likeness (QED) is 0.803. The van der Waals surface area contributed by atoms with E-state index < -0.39 is 5.97 Å². The summed E-state index contributed by atoms with van der Waals surface area (Å²) < 4.78 is 1.65. The van der Waals surface area contributed by atoms with Crippen molar-refractivity contribution in [3.05, 3.63) is 70.9 Å². The van der Waals surface area contributed by atoms with Crippen molar-refractivity contribution in [2.45, 2.75) is 20.4 Å². The Kier molecular flexibility index (Phi) is 3.93. The minimum absolute atomic E-state index is 0.0264.